The number of Topliss-reactive ketones (excluding diaryl/α,β-unsaturated/α-hetero) is 1. The van der Waals surface area contributed by atoms with Crippen molar-refractivity contribution in [2.75, 3.05) is 0 Å². The van der Waals surface area contributed by atoms with Crippen LogP contribution >= 0.6 is 11.6 Å². The molecule has 1 fully saturated rings. The van der Waals surface area contributed by atoms with Crippen molar-refractivity contribution in [3.05, 3.63) is 75.6 Å². The first kappa shape index (κ1) is 23.2. The molecule has 1 aliphatic rings. The average Bonchev–Trinajstić information content (AvgIpc) is 3.55. The molecule has 33 heavy (non-hydrogen) atoms. The van der Waals surface area contributed by atoms with Crippen molar-refractivity contribution in [3.63, 3.8) is 0 Å². The monoisotopic (exact) mass is 465 g/mol. The molecular formula is C27H28ClNO4. The Morgan fingerprint density at radius 3 is 2.30 bits per heavy atom. The molecule has 6 heteroatoms. The smallest absolute Gasteiger partial charge is 0.309 e. The minimum Gasteiger partial charge on any atom is -0.481 e. The summed E-state index contributed by atoms with van der Waals surface area (Å²) in [6.45, 7) is 7.40. The summed E-state index contributed by atoms with van der Waals surface area (Å²) < 4.78 is 1.77. The molecule has 0 saturated heterocycles. The van der Waals surface area contributed by atoms with Gasteiger partial charge in [-0.15, -0.1) is 0 Å². The Labute approximate surface area is 198 Å². The number of rotatable bonds is 8. The summed E-state index contributed by atoms with van der Waals surface area (Å²) in [7, 11) is 0. The summed E-state index contributed by atoms with van der Waals surface area (Å²) in [4.78, 5) is 39.3. The quantitative estimate of drug-likeness (QED) is 0.402. The Balaban J connectivity index is 2.03. The number of pyridine rings is 1. The number of carboxylic acids is 1. The van der Waals surface area contributed by atoms with Crippen molar-refractivity contribution < 1.29 is 19.5 Å². The Morgan fingerprint density at radius 1 is 1.12 bits per heavy atom. The number of ketones is 2. The predicted molar refractivity (Wildman–Crippen MR) is 129 cm³/mol. The highest BCUT2D eigenvalue weighted by Crippen LogP contribution is 2.40. The number of halogens is 1. The summed E-state index contributed by atoms with van der Waals surface area (Å²) in [5.74, 6) is -1.06. The molecule has 1 aromatic carbocycles. The number of hydrogen-bond acceptors (Lipinski definition) is 3. The molecule has 0 aliphatic heterocycles. The van der Waals surface area contributed by atoms with E-state index in [2.05, 4.69) is 13.8 Å². The van der Waals surface area contributed by atoms with Gasteiger partial charge in [0.25, 0.3) is 0 Å². The maximum absolute atomic E-state index is 13.8. The zero-order chi connectivity index (χ0) is 24.1. The lowest BCUT2D eigenvalue weighted by molar-refractivity contribution is -0.146. The first-order valence-electron chi connectivity index (χ1n) is 11.3. The standard InChI is InChI=1S/C27H28ClNO4/c1-15(2)18-11-12-29-21(13-18)22(24(30)16-5-6-16)20(14-27(3,4)26(32)33)23(29)25(31)17-7-9-19(28)10-8-17/h7-13,15-16H,5-6,14H2,1-4H3,(H,32,33). The summed E-state index contributed by atoms with van der Waals surface area (Å²) >= 11 is 6.02. The lowest BCUT2D eigenvalue weighted by Crippen LogP contribution is -2.28. The lowest BCUT2D eigenvalue weighted by Gasteiger charge is -2.20. The molecular weight excluding hydrogens is 438 g/mol. The maximum Gasteiger partial charge on any atom is 0.309 e. The second-order valence-electron chi connectivity index (χ2n) is 9.91. The third-order valence-corrected chi connectivity index (χ3v) is 6.70. The van der Waals surface area contributed by atoms with Crippen molar-refractivity contribution in [3.8, 4) is 0 Å². The van der Waals surface area contributed by atoms with Gasteiger partial charge in [-0.25, -0.2) is 0 Å². The van der Waals surface area contributed by atoms with Gasteiger partial charge in [0.1, 0.15) is 0 Å². The van der Waals surface area contributed by atoms with Crippen molar-refractivity contribution >= 4 is 34.7 Å². The summed E-state index contributed by atoms with van der Waals surface area (Å²) in [5, 5.41) is 10.3. The van der Waals surface area contributed by atoms with Gasteiger partial charge in [-0.05, 0) is 86.6 Å². The molecule has 4 rings (SSSR count). The molecule has 2 aromatic heterocycles. The lowest BCUT2D eigenvalue weighted by atomic mass is 9.82. The van der Waals surface area contributed by atoms with Gasteiger partial charge in [-0.2, -0.15) is 0 Å². The van der Waals surface area contributed by atoms with E-state index in [1.165, 1.54) is 0 Å². The number of carbonyl (C=O) groups is 3. The highest BCUT2D eigenvalue weighted by Gasteiger charge is 2.39. The minimum absolute atomic E-state index is 0.000231. The predicted octanol–water partition coefficient (Wildman–Crippen LogP) is 6.19. The molecule has 172 valence electrons. The number of benzene rings is 1. The van der Waals surface area contributed by atoms with Crippen LogP contribution in [0, 0.1) is 11.3 Å². The van der Waals surface area contributed by atoms with Crippen molar-refractivity contribution in [2.45, 2.75) is 52.9 Å². The van der Waals surface area contributed by atoms with Crippen LogP contribution in [0.3, 0.4) is 0 Å². The van der Waals surface area contributed by atoms with Crippen LogP contribution in [-0.4, -0.2) is 27.0 Å². The first-order valence-corrected chi connectivity index (χ1v) is 11.6. The zero-order valence-electron chi connectivity index (χ0n) is 19.3. The van der Waals surface area contributed by atoms with Crippen LogP contribution in [0.25, 0.3) is 5.52 Å². The first-order chi connectivity index (χ1) is 15.5. The van der Waals surface area contributed by atoms with Crippen molar-refractivity contribution in [1.82, 2.24) is 4.40 Å². The van der Waals surface area contributed by atoms with Crippen LogP contribution in [0.15, 0.2) is 42.6 Å². The van der Waals surface area contributed by atoms with Gasteiger partial charge < -0.3 is 9.51 Å². The van der Waals surface area contributed by atoms with Crippen LogP contribution in [0.1, 0.15) is 84.0 Å². The molecule has 0 amide bonds. The number of carboxylic acid groups (broad SMARTS) is 1. The van der Waals surface area contributed by atoms with Gasteiger partial charge >= 0.3 is 5.97 Å². The molecule has 0 unspecified atom stereocenters. The molecule has 1 aliphatic carbocycles. The van der Waals surface area contributed by atoms with E-state index in [4.69, 9.17) is 11.6 Å². The summed E-state index contributed by atoms with van der Waals surface area (Å²) in [6.07, 6.45) is 3.54. The van der Waals surface area contributed by atoms with Crippen LogP contribution in [-0.2, 0) is 11.2 Å². The van der Waals surface area contributed by atoms with E-state index >= 15 is 0 Å². The second kappa shape index (κ2) is 8.45. The van der Waals surface area contributed by atoms with Gasteiger partial charge in [-0.1, -0.05) is 25.4 Å². The summed E-state index contributed by atoms with van der Waals surface area (Å²) in [6, 6.07) is 10.5. The van der Waals surface area contributed by atoms with Gasteiger partial charge in [0.15, 0.2) is 5.78 Å². The van der Waals surface area contributed by atoms with E-state index in [0.717, 1.165) is 18.4 Å². The van der Waals surface area contributed by atoms with E-state index in [9.17, 15) is 19.5 Å². The van der Waals surface area contributed by atoms with E-state index < -0.39 is 11.4 Å². The summed E-state index contributed by atoms with van der Waals surface area (Å²) in [5.41, 5.74) is 2.37. The number of carbonyl (C=O) groups excluding carboxylic acids is 2. The Morgan fingerprint density at radius 2 is 1.76 bits per heavy atom. The van der Waals surface area contributed by atoms with Gasteiger partial charge in [0.2, 0.25) is 5.78 Å². The molecule has 0 spiro atoms. The largest absolute Gasteiger partial charge is 0.481 e. The van der Waals surface area contributed by atoms with Crippen LogP contribution in [0.4, 0.5) is 0 Å². The highest BCUT2D eigenvalue weighted by atomic mass is 35.5. The zero-order valence-corrected chi connectivity index (χ0v) is 20.1. The minimum atomic E-state index is -1.15. The van der Waals surface area contributed by atoms with E-state index in [-0.39, 0.29) is 29.8 Å². The fraction of sp³-hybridized carbons (Fsp3) is 0.370. The number of fused-ring (bicyclic) bond motifs is 1. The Hall–Kier alpha value is -2.92. The molecule has 5 nitrogen and oxygen atoms in total. The van der Waals surface area contributed by atoms with Crippen LogP contribution in [0.2, 0.25) is 5.02 Å². The van der Waals surface area contributed by atoms with Gasteiger partial charge in [-0.3, -0.25) is 14.4 Å². The average molecular weight is 466 g/mol. The Bertz CT molecular complexity index is 1260. The van der Waals surface area contributed by atoms with E-state index in [1.807, 2.05) is 18.3 Å². The molecule has 0 bridgehead atoms. The molecule has 0 radical (unpaired) electrons. The fourth-order valence-electron chi connectivity index (χ4n) is 4.18. The Kier molecular flexibility index (Phi) is 5.95. The van der Waals surface area contributed by atoms with Gasteiger partial charge in [0, 0.05) is 28.3 Å². The highest BCUT2D eigenvalue weighted by molar-refractivity contribution is 6.30. The third kappa shape index (κ3) is 4.34. The molecule has 2 heterocycles. The fourth-order valence-corrected chi connectivity index (χ4v) is 4.31. The van der Waals surface area contributed by atoms with Crippen LogP contribution < -0.4 is 0 Å². The van der Waals surface area contributed by atoms with E-state index in [1.54, 1.807) is 42.5 Å². The number of aromatic nitrogens is 1. The normalized spacial score (nSPS) is 14.1. The van der Waals surface area contributed by atoms with Crippen LogP contribution in [0.5, 0.6) is 0 Å². The molecule has 1 N–H and O–H groups in total. The number of nitrogens with zero attached hydrogens (tertiary/aromatic N) is 1. The number of aliphatic carboxylic acids is 1. The van der Waals surface area contributed by atoms with Crippen molar-refractivity contribution in [1.29, 1.82) is 0 Å². The van der Waals surface area contributed by atoms with E-state index in [0.29, 0.717) is 32.9 Å². The molecule has 3 aromatic rings. The van der Waals surface area contributed by atoms with Crippen molar-refractivity contribution in [2.24, 2.45) is 11.3 Å². The second-order valence-corrected chi connectivity index (χ2v) is 10.3. The SMILES string of the molecule is CC(C)c1ccn2c(C(=O)c3ccc(Cl)cc3)c(CC(C)(C)C(=O)O)c(C(=O)C3CC3)c2c1. The third-order valence-electron chi connectivity index (χ3n) is 6.44. The molecule has 1 saturated carbocycles. The molecule has 0 atom stereocenters. The number of hydrogen-bond donors (Lipinski definition) is 1. The topological polar surface area (TPSA) is 75.8 Å². The van der Waals surface area contributed by atoms with Gasteiger partial charge in [0.05, 0.1) is 16.6 Å². The maximum atomic E-state index is 13.8.